The minimum atomic E-state index is -1.22. The molecular weight excluding hydrogens is 285 g/mol. The Kier molecular flexibility index (Phi) is 7.10. The smallest absolute Gasteiger partial charge is 0.269 e. The molecule has 0 aliphatic carbocycles. The maximum atomic E-state index is 12.1. The Balaban J connectivity index is 3.11. The highest BCUT2D eigenvalue weighted by Crippen LogP contribution is 2.63. The Morgan fingerprint density at radius 1 is 1.05 bits per heavy atom. The topological polar surface area (TPSA) is 66.2 Å². The van der Waals surface area contributed by atoms with Gasteiger partial charge in [-0.1, -0.05) is 26.8 Å². The molecule has 0 aliphatic heterocycles. The van der Waals surface area contributed by atoms with E-state index in [1.165, 1.54) is 36.7 Å². The second kappa shape index (κ2) is 8.33. The van der Waals surface area contributed by atoms with Crippen LogP contribution >= 0.6 is 7.26 Å². The minimum absolute atomic E-state index is 0.0344. The van der Waals surface area contributed by atoms with E-state index in [0.717, 1.165) is 25.4 Å². The predicted molar refractivity (Wildman–Crippen MR) is 88.6 cm³/mol. The monoisotopic (exact) mass is 311 g/mol. The second-order valence-corrected chi connectivity index (χ2v) is 10.1. The van der Waals surface area contributed by atoms with Gasteiger partial charge < -0.3 is 5.11 Å². The maximum Gasteiger partial charge on any atom is 0.269 e. The molecule has 21 heavy (non-hydrogen) atoms. The molecule has 0 spiro atoms. The average Bonchev–Trinajstić information content (AvgIpc) is 2.42. The van der Waals surface area contributed by atoms with E-state index in [1.807, 2.05) is 0 Å². The lowest BCUT2D eigenvalue weighted by Crippen LogP contribution is -2.12. The molecule has 1 aromatic carbocycles. The normalized spacial score (nSPS) is 11.6. The van der Waals surface area contributed by atoms with Crippen molar-refractivity contribution in [1.82, 2.24) is 0 Å². The van der Waals surface area contributed by atoms with Gasteiger partial charge in [-0.2, -0.15) is 0 Å². The van der Waals surface area contributed by atoms with Crippen LogP contribution < -0.4 is 5.11 Å². The summed E-state index contributed by atoms with van der Waals surface area (Å²) in [6, 6.07) is 4.16. The van der Waals surface area contributed by atoms with E-state index in [2.05, 4.69) is 20.8 Å². The van der Waals surface area contributed by atoms with Crippen LogP contribution in [0, 0.1) is 10.1 Å². The van der Waals surface area contributed by atoms with Crippen molar-refractivity contribution >= 4 is 12.9 Å². The molecule has 1 rings (SSSR count). The Labute approximate surface area is 128 Å². The van der Waals surface area contributed by atoms with Gasteiger partial charge in [0.05, 0.1) is 29.6 Å². The number of nitro groups is 1. The highest BCUT2D eigenvalue weighted by molar-refractivity contribution is 7.75. The first-order valence-electron chi connectivity index (χ1n) is 7.77. The molecule has 0 saturated carbocycles. The highest BCUT2D eigenvalue weighted by Gasteiger charge is 2.35. The summed E-state index contributed by atoms with van der Waals surface area (Å²) in [4.78, 5) is 10.5. The van der Waals surface area contributed by atoms with Crippen molar-refractivity contribution < 1.29 is 10.0 Å². The van der Waals surface area contributed by atoms with Crippen molar-refractivity contribution in [2.45, 2.75) is 46.2 Å². The molecule has 0 bridgehead atoms. The van der Waals surface area contributed by atoms with E-state index < -0.39 is 12.2 Å². The largest absolute Gasteiger partial charge is 0.872 e. The maximum absolute atomic E-state index is 12.1. The lowest BCUT2D eigenvalue weighted by Gasteiger charge is -2.28. The lowest BCUT2D eigenvalue weighted by molar-refractivity contribution is -0.385. The molecule has 0 amide bonds. The summed E-state index contributed by atoms with van der Waals surface area (Å²) < 4.78 is 0. The number of benzene rings is 1. The summed E-state index contributed by atoms with van der Waals surface area (Å²) in [6.07, 6.45) is 7.66. The number of rotatable bonds is 9. The van der Waals surface area contributed by atoms with E-state index >= 15 is 0 Å². The van der Waals surface area contributed by atoms with Gasteiger partial charge in [0.15, 0.2) is 0 Å². The zero-order valence-corrected chi connectivity index (χ0v) is 14.2. The number of nitro benzene ring substituents is 1. The molecule has 4 nitrogen and oxygen atoms in total. The predicted octanol–water partition coefficient (Wildman–Crippen LogP) is 4.42. The van der Waals surface area contributed by atoms with Crippen molar-refractivity contribution in [3.63, 3.8) is 0 Å². The molecule has 1 aromatic rings. The van der Waals surface area contributed by atoms with E-state index in [1.54, 1.807) is 0 Å². The first-order chi connectivity index (χ1) is 9.98. The number of hydrogen-bond acceptors (Lipinski definition) is 3. The first kappa shape index (κ1) is 17.9. The second-order valence-electron chi connectivity index (χ2n) is 5.72. The molecule has 0 aromatic heterocycles. The van der Waals surface area contributed by atoms with Gasteiger partial charge in [0.1, 0.15) is 0 Å². The van der Waals surface area contributed by atoms with Crippen LogP contribution in [-0.4, -0.2) is 23.4 Å². The molecule has 0 fully saturated rings. The summed E-state index contributed by atoms with van der Waals surface area (Å²) in [6.45, 7) is 6.56. The molecule has 0 N–H and O–H groups in total. The van der Waals surface area contributed by atoms with Gasteiger partial charge in [-0.15, -0.1) is 5.75 Å². The SMILES string of the molecule is CCC[P+](CCC)(CCC)Cc1cc([N+](=O)[O-])ccc1[O-]. The molecule has 0 unspecified atom stereocenters. The molecule has 5 heteroatoms. The lowest BCUT2D eigenvalue weighted by atomic mass is 10.2. The fourth-order valence-corrected chi connectivity index (χ4v) is 8.12. The minimum Gasteiger partial charge on any atom is -0.872 e. The van der Waals surface area contributed by atoms with Crippen LogP contribution in [0.1, 0.15) is 45.6 Å². The number of non-ortho nitro benzene ring substituents is 1. The van der Waals surface area contributed by atoms with Crippen LogP contribution in [-0.2, 0) is 6.16 Å². The van der Waals surface area contributed by atoms with Gasteiger partial charge in [-0.3, -0.25) is 10.1 Å². The zero-order chi connectivity index (χ0) is 15.9. The summed E-state index contributed by atoms with van der Waals surface area (Å²) >= 11 is 0. The first-order valence-corrected chi connectivity index (χ1v) is 10.3. The third-order valence-electron chi connectivity index (χ3n) is 3.85. The molecule has 0 aliphatic rings. The standard InChI is InChI=1S/C16H26NO3P/c1-4-9-21(10-5-2,11-6-3)13-14-12-15(17(19)20)7-8-16(14)18/h7-8,12H,4-6,9-11,13H2,1-3H3. The zero-order valence-electron chi connectivity index (χ0n) is 13.3. The van der Waals surface area contributed by atoms with Gasteiger partial charge in [0.25, 0.3) is 5.69 Å². The Morgan fingerprint density at radius 2 is 1.57 bits per heavy atom. The molecule has 0 radical (unpaired) electrons. The van der Waals surface area contributed by atoms with E-state index in [-0.39, 0.29) is 11.4 Å². The van der Waals surface area contributed by atoms with E-state index in [9.17, 15) is 15.2 Å². The Hall–Kier alpha value is -1.15. The van der Waals surface area contributed by atoms with Gasteiger partial charge in [0, 0.05) is 19.4 Å². The molecular formula is C16H26NO3P. The summed E-state index contributed by atoms with van der Waals surface area (Å²) in [5.74, 6) is -0.0479. The average molecular weight is 311 g/mol. The fourth-order valence-electron chi connectivity index (χ4n) is 3.16. The van der Waals surface area contributed by atoms with Gasteiger partial charge in [0.2, 0.25) is 0 Å². The summed E-state index contributed by atoms with van der Waals surface area (Å²) in [5.41, 5.74) is 0.681. The van der Waals surface area contributed by atoms with Crippen molar-refractivity contribution in [3.8, 4) is 5.75 Å². The van der Waals surface area contributed by atoms with Crippen molar-refractivity contribution in [3.05, 3.63) is 33.9 Å². The summed E-state index contributed by atoms with van der Waals surface area (Å²) in [5, 5.41) is 23.0. The van der Waals surface area contributed by atoms with Crippen LogP contribution in [0.15, 0.2) is 18.2 Å². The van der Waals surface area contributed by atoms with Crippen LogP contribution in [0.2, 0.25) is 0 Å². The van der Waals surface area contributed by atoms with Crippen molar-refractivity contribution in [2.24, 2.45) is 0 Å². The van der Waals surface area contributed by atoms with Crippen LogP contribution in [0.4, 0.5) is 5.69 Å². The Morgan fingerprint density at radius 3 is 2.00 bits per heavy atom. The molecule has 0 saturated heterocycles. The van der Waals surface area contributed by atoms with Crippen molar-refractivity contribution in [2.75, 3.05) is 18.5 Å². The van der Waals surface area contributed by atoms with Crippen LogP contribution in [0.3, 0.4) is 0 Å². The van der Waals surface area contributed by atoms with E-state index in [0.29, 0.717) is 5.56 Å². The third kappa shape index (κ3) is 4.96. The third-order valence-corrected chi connectivity index (χ3v) is 9.05. The quantitative estimate of drug-likeness (QED) is 0.385. The van der Waals surface area contributed by atoms with Gasteiger partial charge in [-0.25, -0.2) is 0 Å². The number of nitrogens with zero attached hydrogens (tertiary/aromatic N) is 1. The highest BCUT2D eigenvalue weighted by atomic mass is 31.2. The molecule has 118 valence electrons. The van der Waals surface area contributed by atoms with E-state index in [4.69, 9.17) is 0 Å². The fraction of sp³-hybridized carbons (Fsp3) is 0.625. The molecule has 0 atom stereocenters. The van der Waals surface area contributed by atoms with Gasteiger partial charge >= 0.3 is 0 Å². The Bertz CT molecular complexity index is 460. The number of hydrogen-bond donors (Lipinski definition) is 0. The van der Waals surface area contributed by atoms with Crippen LogP contribution in [0.25, 0.3) is 0 Å². The summed E-state index contributed by atoms with van der Waals surface area (Å²) in [7, 11) is -1.22. The van der Waals surface area contributed by atoms with Crippen LogP contribution in [0.5, 0.6) is 5.75 Å². The molecule has 0 heterocycles. The van der Waals surface area contributed by atoms with Crippen molar-refractivity contribution in [1.29, 1.82) is 0 Å². The van der Waals surface area contributed by atoms with Gasteiger partial charge in [-0.05, 0) is 24.8 Å².